The Balaban J connectivity index is 0. The van der Waals surface area contributed by atoms with E-state index in [1.807, 2.05) is 0 Å². The zero-order valence-corrected chi connectivity index (χ0v) is 10.4. The molecule has 0 spiro atoms. The van der Waals surface area contributed by atoms with Crippen molar-refractivity contribution >= 4 is 57.7 Å². The van der Waals surface area contributed by atoms with Crippen LogP contribution >= 0.6 is 0 Å². The number of aliphatic hydroxyl groups is 5. The number of hydrogen-bond donors (Lipinski definition) is 5. The van der Waals surface area contributed by atoms with Crippen LogP contribution in [0.25, 0.3) is 0 Å². The number of rotatable bonds is 5. The quantitative estimate of drug-likeness (QED) is 0.239. The molecule has 0 aliphatic carbocycles. The van der Waals surface area contributed by atoms with Gasteiger partial charge in [-0.15, -0.1) is 0 Å². The molecule has 0 aliphatic heterocycles. The normalized spacial score (nSPS) is 19.5. The van der Waals surface area contributed by atoms with Crippen LogP contribution in [-0.4, -0.2) is 114 Å². The first-order valence-corrected chi connectivity index (χ1v) is 3.33. The van der Waals surface area contributed by atoms with E-state index in [2.05, 4.69) is 0 Å². The van der Waals surface area contributed by atoms with Gasteiger partial charge in [-0.1, -0.05) is 0 Å². The second kappa shape index (κ2) is 8.42. The van der Waals surface area contributed by atoms with Crippen LogP contribution in [-0.2, 0) is 4.79 Å². The van der Waals surface area contributed by atoms with E-state index >= 15 is 0 Å². The Morgan fingerprint density at radius 3 is 1.85 bits per heavy atom. The predicted molar refractivity (Wildman–Crippen MR) is 42.9 cm³/mol. The molecule has 0 aliphatic rings. The standard InChI is InChI=1S/C6H12O6.K/c7-1-3(9)5(11)6(12)4(10)2-8;/h1,3-6,8-12H,2H2;/t3-,4-,5-,6-;/m1./s1. The van der Waals surface area contributed by atoms with Gasteiger partial charge in [0.05, 0.1) is 6.61 Å². The maximum absolute atomic E-state index is 9.90. The van der Waals surface area contributed by atoms with Crippen LogP contribution in [0.15, 0.2) is 0 Å². The Hall–Kier alpha value is 1.11. The number of carbonyl (C=O) groups excluding carboxylic acids is 1. The smallest absolute Gasteiger partial charge is 0.151 e. The predicted octanol–water partition coefficient (Wildman–Crippen LogP) is -3.76. The SMILES string of the molecule is O=C[C@@H](O)[C@@H](O)[C@H](O)[C@H](O)CO.[K]. The van der Waals surface area contributed by atoms with E-state index in [0.717, 1.165) is 0 Å². The molecule has 0 aromatic heterocycles. The first kappa shape index (κ1) is 16.5. The van der Waals surface area contributed by atoms with E-state index < -0.39 is 31.0 Å². The maximum atomic E-state index is 9.90. The average Bonchev–Trinajstić information content (AvgIpc) is 2.12. The van der Waals surface area contributed by atoms with E-state index in [4.69, 9.17) is 25.5 Å². The Morgan fingerprint density at radius 1 is 1.08 bits per heavy atom. The van der Waals surface area contributed by atoms with Crippen LogP contribution in [0.4, 0.5) is 0 Å². The van der Waals surface area contributed by atoms with Gasteiger partial charge >= 0.3 is 0 Å². The molecule has 0 amide bonds. The van der Waals surface area contributed by atoms with Crippen LogP contribution in [0.3, 0.4) is 0 Å². The van der Waals surface area contributed by atoms with Gasteiger partial charge < -0.3 is 30.3 Å². The summed E-state index contributed by atoms with van der Waals surface area (Å²) in [6.07, 6.45) is -6.84. The van der Waals surface area contributed by atoms with E-state index in [1.54, 1.807) is 0 Å². The molecular weight excluding hydrogens is 207 g/mol. The third-order valence-corrected chi connectivity index (χ3v) is 1.42. The zero-order valence-electron chi connectivity index (χ0n) is 7.24. The third kappa shape index (κ3) is 5.52. The molecule has 0 rings (SSSR count). The number of hydrogen-bond acceptors (Lipinski definition) is 6. The van der Waals surface area contributed by atoms with E-state index in [-0.39, 0.29) is 57.7 Å². The van der Waals surface area contributed by atoms with Gasteiger partial charge in [0.2, 0.25) is 0 Å². The molecule has 0 unspecified atom stereocenters. The fraction of sp³-hybridized carbons (Fsp3) is 0.833. The van der Waals surface area contributed by atoms with Crippen molar-refractivity contribution in [2.24, 2.45) is 0 Å². The summed E-state index contributed by atoms with van der Waals surface area (Å²) in [5.41, 5.74) is 0. The van der Waals surface area contributed by atoms with Crippen molar-refractivity contribution in [2.45, 2.75) is 24.4 Å². The molecule has 0 saturated carbocycles. The zero-order chi connectivity index (χ0) is 9.72. The first-order chi connectivity index (χ1) is 5.54. The minimum atomic E-state index is -1.79. The van der Waals surface area contributed by atoms with Gasteiger partial charge in [0.1, 0.15) is 24.4 Å². The Kier molecular flexibility index (Phi) is 10.7. The molecule has 73 valence electrons. The van der Waals surface area contributed by atoms with Gasteiger partial charge in [0.25, 0.3) is 0 Å². The van der Waals surface area contributed by atoms with Crippen LogP contribution < -0.4 is 0 Å². The molecule has 7 heteroatoms. The largest absolute Gasteiger partial charge is 0.394 e. The summed E-state index contributed by atoms with van der Waals surface area (Å²) < 4.78 is 0. The summed E-state index contributed by atoms with van der Waals surface area (Å²) >= 11 is 0. The second-order valence-corrected chi connectivity index (χ2v) is 2.36. The van der Waals surface area contributed by atoms with Crippen LogP contribution in [0.5, 0.6) is 0 Å². The van der Waals surface area contributed by atoms with Crippen molar-refractivity contribution in [3.63, 3.8) is 0 Å². The molecule has 0 aromatic carbocycles. The fourth-order valence-corrected chi connectivity index (χ4v) is 0.618. The molecule has 0 aromatic rings. The van der Waals surface area contributed by atoms with Gasteiger partial charge in [0, 0.05) is 51.4 Å². The van der Waals surface area contributed by atoms with Crippen molar-refractivity contribution < 1.29 is 30.3 Å². The third-order valence-electron chi connectivity index (χ3n) is 1.42. The van der Waals surface area contributed by atoms with Crippen molar-refractivity contribution in [3.05, 3.63) is 0 Å². The summed E-state index contributed by atoms with van der Waals surface area (Å²) in [4.78, 5) is 9.90. The minimum Gasteiger partial charge on any atom is -0.394 e. The molecule has 0 bridgehead atoms. The molecule has 13 heavy (non-hydrogen) atoms. The average molecular weight is 219 g/mol. The molecule has 0 saturated heterocycles. The van der Waals surface area contributed by atoms with Gasteiger partial charge in [0.15, 0.2) is 6.29 Å². The Morgan fingerprint density at radius 2 is 1.54 bits per heavy atom. The molecule has 0 fully saturated rings. The maximum Gasteiger partial charge on any atom is 0.151 e. The fourth-order valence-electron chi connectivity index (χ4n) is 0.618. The molecule has 4 atom stereocenters. The van der Waals surface area contributed by atoms with E-state index in [1.165, 1.54) is 0 Å². The monoisotopic (exact) mass is 219 g/mol. The van der Waals surface area contributed by atoms with Crippen LogP contribution in [0.2, 0.25) is 0 Å². The van der Waals surface area contributed by atoms with E-state index in [0.29, 0.717) is 0 Å². The van der Waals surface area contributed by atoms with Crippen LogP contribution in [0, 0.1) is 0 Å². The van der Waals surface area contributed by atoms with Gasteiger partial charge in [-0.25, -0.2) is 0 Å². The first-order valence-electron chi connectivity index (χ1n) is 3.33. The Bertz CT molecular complexity index is 143. The molecular formula is C6H12KO6. The van der Waals surface area contributed by atoms with Crippen molar-refractivity contribution in [1.82, 2.24) is 0 Å². The minimum absolute atomic E-state index is 0. The van der Waals surface area contributed by atoms with Crippen molar-refractivity contribution in [2.75, 3.05) is 6.61 Å². The second-order valence-electron chi connectivity index (χ2n) is 2.36. The van der Waals surface area contributed by atoms with Gasteiger partial charge in [-0.05, 0) is 0 Å². The molecule has 5 N–H and O–H groups in total. The number of carbonyl (C=O) groups is 1. The number of aldehydes is 1. The molecule has 1 radical (unpaired) electrons. The summed E-state index contributed by atoms with van der Waals surface area (Å²) in [6.45, 7) is -0.760. The summed E-state index contributed by atoms with van der Waals surface area (Å²) in [6, 6.07) is 0. The summed E-state index contributed by atoms with van der Waals surface area (Å²) in [5, 5.41) is 43.5. The Labute approximate surface area is 118 Å². The summed E-state index contributed by atoms with van der Waals surface area (Å²) in [7, 11) is 0. The van der Waals surface area contributed by atoms with Crippen LogP contribution in [0.1, 0.15) is 0 Å². The number of aliphatic hydroxyl groups excluding tert-OH is 5. The van der Waals surface area contributed by atoms with E-state index in [9.17, 15) is 4.79 Å². The van der Waals surface area contributed by atoms with Gasteiger partial charge in [-0.2, -0.15) is 0 Å². The van der Waals surface area contributed by atoms with Crippen molar-refractivity contribution in [1.29, 1.82) is 0 Å². The summed E-state index contributed by atoms with van der Waals surface area (Å²) in [5.74, 6) is 0. The van der Waals surface area contributed by atoms with Gasteiger partial charge in [-0.3, -0.25) is 0 Å². The van der Waals surface area contributed by atoms with Crippen molar-refractivity contribution in [3.8, 4) is 0 Å². The topological polar surface area (TPSA) is 118 Å². The molecule has 6 nitrogen and oxygen atoms in total. The molecule has 0 heterocycles.